The molecule has 0 aromatic heterocycles. The largest absolute Gasteiger partial charge is 0.384 e. The van der Waals surface area contributed by atoms with Crippen molar-refractivity contribution in [2.75, 3.05) is 6.61 Å². The Morgan fingerprint density at radius 3 is 2.55 bits per heavy atom. The Kier molecular flexibility index (Phi) is 5.28. The first kappa shape index (κ1) is 16.6. The third-order valence-corrected chi connectivity index (χ3v) is 4.75. The number of nitrogens with one attached hydrogen (secondary N) is 1. The Morgan fingerprint density at radius 1 is 1.35 bits per heavy atom. The highest BCUT2D eigenvalue weighted by atomic mass is 32.2. The fourth-order valence-electron chi connectivity index (χ4n) is 1.32. The molecule has 0 amide bonds. The number of aliphatic hydroxyl groups is 1. The van der Waals surface area contributed by atoms with Gasteiger partial charge in [0.2, 0.25) is 10.0 Å². The van der Waals surface area contributed by atoms with Crippen LogP contribution in [-0.2, 0) is 16.6 Å². The predicted octanol–water partition coefficient (Wildman–Crippen LogP) is 1.39. The smallest absolute Gasteiger partial charge is 0.216 e. The van der Waals surface area contributed by atoms with Crippen molar-refractivity contribution in [1.29, 1.82) is 0 Å². The van der Waals surface area contributed by atoms with Gasteiger partial charge in [-0.25, -0.2) is 17.5 Å². The van der Waals surface area contributed by atoms with Crippen LogP contribution in [0.2, 0.25) is 0 Å². The van der Waals surface area contributed by atoms with Crippen LogP contribution in [0.4, 0.5) is 4.39 Å². The molecule has 110 valence electrons. The number of halogens is 1. The average molecular weight is 299 g/mol. The molecule has 0 aliphatic rings. The van der Waals surface area contributed by atoms with Gasteiger partial charge in [-0.15, -0.1) is 0 Å². The highest BCUT2D eigenvalue weighted by Gasteiger charge is 2.28. The number of aliphatic hydroxyl groups excluding tert-OH is 1. The van der Waals surface area contributed by atoms with Crippen LogP contribution in [-0.4, -0.2) is 24.9 Å². The maximum atomic E-state index is 13.6. The molecule has 0 fully saturated rings. The molecule has 0 spiro atoms. The van der Waals surface area contributed by atoms with E-state index < -0.39 is 20.6 Å². The van der Waals surface area contributed by atoms with E-state index in [9.17, 15) is 12.8 Å². The summed E-state index contributed by atoms with van der Waals surface area (Å²) < 4.78 is 38.8. The Balaban J connectivity index is 2.93. The molecule has 0 radical (unpaired) electrons. The van der Waals surface area contributed by atoms with Crippen molar-refractivity contribution in [2.45, 2.75) is 32.1 Å². The van der Waals surface area contributed by atoms with E-state index >= 15 is 0 Å². The first-order chi connectivity index (χ1) is 9.17. The molecule has 0 saturated carbocycles. The standard InChI is InChI=1S/C14H18FNO3S/c1-14(2,3)20(18,19)16-10-12-9-11(5-4-8-17)6-7-13(12)15/h6-7,9,16-17H,8,10H2,1-3H3. The summed E-state index contributed by atoms with van der Waals surface area (Å²) in [6.45, 7) is 4.27. The molecule has 0 unspecified atom stereocenters. The predicted molar refractivity (Wildman–Crippen MR) is 75.9 cm³/mol. The van der Waals surface area contributed by atoms with Gasteiger partial charge in [-0.3, -0.25) is 0 Å². The summed E-state index contributed by atoms with van der Waals surface area (Å²) in [7, 11) is -3.54. The van der Waals surface area contributed by atoms with Crippen LogP contribution >= 0.6 is 0 Å². The molecule has 0 bridgehead atoms. The minimum Gasteiger partial charge on any atom is -0.384 e. The second kappa shape index (κ2) is 6.35. The topological polar surface area (TPSA) is 66.4 Å². The summed E-state index contributed by atoms with van der Waals surface area (Å²) in [6, 6.07) is 4.16. The first-order valence-corrected chi connectivity index (χ1v) is 7.53. The fraction of sp³-hybridized carbons (Fsp3) is 0.429. The van der Waals surface area contributed by atoms with Gasteiger partial charge in [0.1, 0.15) is 12.4 Å². The molecule has 1 aromatic carbocycles. The maximum Gasteiger partial charge on any atom is 0.216 e. The van der Waals surface area contributed by atoms with Gasteiger partial charge in [0.25, 0.3) is 0 Å². The number of sulfonamides is 1. The maximum absolute atomic E-state index is 13.6. The van der Waals surface area contributed by atoms with Gasteiger partial charge in [0.05, 0.1) is 4.75 Å². The summed E-state index contributed by atoms with van der Waals surface area (Å²) in [4.78, 5) is 0. The lowest BCUT2D eigenvalue weighted by Crippen LogP contribution is -2.39. The van der Waals surface area contributed by atoms with Crippen LogP contribution < -0.4 is 4.72 Å². The van der Waals surface area contributed by atoms with Crippen molar-refractivity contribution >= 4 is 10.0 Å². The highest BCUT2D eigenvalue weighted by molar-refractivity contribution is 7.90. The van der Waals surface area contributed by atoms with Crippen LogP contribution in [0.25, 0.3) is 0 Å². The molecule has 2 N–H and O–H groups in total. The summed E-state index contributed by atoms with van der Waals surface area (Å²) in [5.74, 6) is 4.59. The zero-order valence-corrected chi connectivity index (χ0v) is 12.5. The van der Waals surface area contributed by atoms with Crippen LogP contribution in [0.5, 0.6) is 0 Å². The molecule has 0 atom stereocenters. The molecule has 0 aliphatic carbocycles. The molecule has 1 aromatic rings. The van der Waals surface area contributed by atoms with Crippen LogP contribution in [0.3, 0.4) is 0 Å². The van der Waals surface area contributed by atoms with E-state index in [0.717, 1.165) is 0 Å². The van der Waals surface area contributed by atoms with Gasteiger partial charge >= 0.3 is 0 Å². The SMILES string of the molecule is CC(C)(C)S(=O)(=O)NCc1cc(C#CCO)ccc1F. The van der Waals surface area contributed by atoms with Gasteiger partial charge in [-0.1, -0.05) is 11.8 Å². The van der Waals surface area contributed by atoms with Crippen LogP contribution in [0, 0.1) is 17.7 Å². The van der Waals surface area contributed by atoms with Crippen molar-refractivity contribution in [3.63, 3.8) is 0 Å². The minimum absolute atomic E-state index is 0.139. The molecule has 6 heteroatoms. The van der Waals surface area contributed by atoms with Crippen molar-refractivity contribution in [3.8, 4) is 11.8 Å². The summed E-state index contributed by atoms with van der Waals surface area (Å²) in [5, 5.41) is 8.61. The Hall–Kier alpha value is -1.42. The number of benzene rings is 1. The summed E-state index contributed by atoms with van der Waals surface area (Å²) in [6.07, 6.45) is 0. The van der Waals surface area contributed by atoms with Crippen LogP contribution in [0.15, 0.2) is 18.2 Å². The van der Waals surface area contributed by atoms with Gasteiger partial charge in [-0.05, 0) is 39.0 Å². The van der Waals surface area contributed by atoms with E-state index in [1.54, 1.807) is 20.8 Å². The lowest BCUT2D eigenvalue weighted by atomic mass is 10.1. The molecule has 20 heavy (non-hydrogen) atoms. The normalized spacial score (nSPS) is 11.8. The third kappa shape index (κ3) is 4.30. The third-order valence-electron chi connectivity index (χ3n) is 2.62. The van der Waals surface area contributed by atoms with Gasteiger partial charge in [-0.2, -0.15) is 0 Å². The summed E-state index contributed by atoms with van der Waals surface area (Å²) >= 11 is 0. The van der Waals surface area contributed by atoms with Crippen molar-refractivity contribution < 1.29 is 17.9 Å². The zero-order valence-electron chi connectivity index (χ0n) is 11.7. The zero-order chi connectivity index (χ0) is 15.4. The number of hydrogen-bond acceptors (Lipinski definition) is 3. The Morgan fingerprint density at radius 2 is 2.00 bits per heavy atom. The molecular formula is C14H18FNO3S. The molecular weight excluding hydrogens is 281 g/mol. The second-order valence-electron chi connectivity index (χ2n) is 5.20. The second-order valence-corrected chi connectivity index (χ2v) is 7.72. The van der Waals surface area contributed by atoms with Crippen LogP contribution in [0.1, 0.15) is 31.9 Å². The van der Waals surface area contributed by atoms with Crippen molar-refractivity contribution in [1.82, 2.24) is 4.72 Å². The Labute approximate surface area is 119 Å². The molecule has 1 rings (SSSR count). The average Bonchev–Trinajstić information content (AvgIpc) is 2.35. The summed E-state index contributed by atoms with van der Waals surface area (Å²) in [5.41, 5.74) is 0.730. The monoisotopic (exact) mass is 299 g/mol. The van der Waals surface area contributed by atoms with Crippen molar-refractivity contribution in [3.05, 3.63) is 35.1 Å². The van der Waals surface area contributed by atoms with Gasteiger partial charge < -0.3 is 5.11 Å². The van der Waals surface area contributed by atoms with Crippen molar-refractivity contribution in [2.24, 2.45) is 0 Å². The minimum atomic E-state index is -3.54. The van der Waals surface area contributed by atoms with E-state index in [1.807, 2.05) is 0 Å². The van der Waals surface area contributed by atoms with E-state index in [1.165, 1.54) is 18.2 Å². The number of hydrogen-bond donors (Lipinski definition) is 2. The fourth-order valence-corrected chi connectivity index (χ4v) is 2.10. The molecule has 4 nitrogen and oxygen atoms in total. The Bertz CT molecular complexity index is 637. The van der Waals surface area contributed by atoms with Gasteiger partial charge in [0.15, 0.2) is 0 Å². The molecule has 0 aliphatic heterocycles. The van der Waals surface area contributed by atoms with E-state index in [4.69, 9.17) is 5.11 Å². The highest BCUT2D eigenvalue weighted by Crippen LogP contribution is 2.15. The van der Waals surface area contributed by atoms with E-state index in [2.05, 4.69) is 16.6 Å². The quantitative estimate of drug-likeness (QED) is 0.829. The van der Waals surface area contributed by atoms with Gasteiger partial charge in [0, 0.05) is 17.7 Å². The van der Waals surface area contributed by atoms with E-state index in [-0.39, 0.29) is 18.7 Å². The molecule has 0 heterocycles. The number of rotatable bonds is 3. The molecule has 0 saturated heterocycles. The lowest BCUT2D eigenvalue weighted by Gasteiger charge is -2.19. The first-order valence-electron chi connectivity index (χ1n) is 6.05. The lowest BCUT2D eigenvalue weighted by molar-refractivity contribution is 0.350. The van der Waals surface area contributed by atoms with E-state index in [0.29, 0.717) is 5.56 Å².